The highest BCUT2D eigenvalue weighted by molar-refractivity contribution is 6.30. The van der Waals surface area contributed by atoms with E-state index in [0.717, 1.165) is 68.1 Å². The fourth-order valence-corrected chi connectivity index (χ4v) is 6.35. The van der Waals surface area contributed by atoms with E-state index in [4.69, 9.17) is 40.5 Å². The normalized spacial score (nSPS) is 20.8. The summed E-state index contributed by atoms with van der Waals surface area (Å²) in [5.41, 5.74) is 3.96. The van der Waals surface area contributed by atoms with Crippen molar-refractivity contribution in [1.29, 1.82) is 0 Å². The Morgan fingerprint density at radius 3 is 2.65 bits per heavy atom. The lowest BCUT2D eigenvalue weighted by atomic mass is 9.93. The van der Waals surface area contributed by atoms with E-state index in [1.54, 1.807) is 18.2 Å². The summed E-state index contributed by atoms with van der Waals surface area (Å²) in [5, 5.41) is 3.31. The molecule has 3 aliphatic heterocycles. The molecule has 0 saturated carbocycles. The quantitative estimate of drug-likeness (QED) is 0.246. The number of hydrogen-bond donors (Lipinski definition) is 1. The number of benzene rings is 2. The van der Waals surface area contributed by atoms with Gasteiger partial charge in [0.25, 0.3) is 5.91 Å². The second-order valence-corrected chi connectivity index (χ2v) is 12.5. The zero-order valence-corrected chi connectivity index (χ0v) is 26.3. The van der Waals surface area contributed by atoms with Gasteiger partial charge in [0.2, 0.25) is 5.88 Å². The van der Waals surface area contributed by atoms with Gasteiger partial charge in [-0.3, -0.25) is 9.69 Å². The Kier molecular flexibility index (Phi) is 9.45. The third-order valence-corrected chi connectivity index (χ3v) is 9.12. The molecule has 7 rings (SSSR count). The van der Waals surface area contributed by atoms with Gasteiger partial charge in [0.05, 0.1) is 50.0 Å². The number of fused-ring (bicyclic) bond motifs is 1. The van der Waals surface area contributed by atoms with Crippen molar-refractivity contribution in [2.75, 3.05) is 44.8 Å². The molecule has 242 valence electrons. The molecule has 46 heavy (non-hydrogen) atoms. The molecule has 1 unspecified atom stereocenters. The maximum absolute atomic E-state index is 14.2. The molecule has 1 N–H and O–H groups in total. The van der Waals surface area contributed by atoms with Gasteiger partial charge in [-0.1, -0.05) is 23.7 Å². The van der Waals surface area contributed by atoms with Crippen molar-refractivity contribution in [3.05, 3.63) is 82.5 Å². The monoisotopic (exact) mass is 649 g/mol. The second kappa shape index (κ2) is 14.0. The molecular formula is C34H37ClFN5O5. The van der Waals surface area contributed by atoms with E-state index in [9.17, 15) is 9.18 Å². The molecule has 4 aromatic rings. The molecule has 2 aromatic heterocycles. The third-order valence-electron chi connectivity index (χ3n) is 8.89. The van der Waals surface area contributed by atoms with Crippen LogP contribution < -0.4 is 10.1 Å². The molecule has 5 heterocycles. The Balaban J connectivity index is 0.996. The van der Waals surface area contributed by atoms with Gasteiger partial charge in [-0.05, 0) is 68.8 Å². The number of amides is 1. The number of imidazole rings is 1. The van der Waals surface area contributed by atoms with Gasteiger partial charge >= 0.3 is 0 Å². The van der Waals surface area contributed by atoms with Gasteiger partial charge in [0.15, 0.2) is 6.10 Å². The number of nitrogens with one attached hydrogen (secondary N) is 1. The minimum atomic E-state index is -0.611. The van der Waals surface area contributed by atoms with Crippen molar-refractivity contribution in [3.8, 4) is 5.88 Å². The Labute approximate surface area is 271 Å². The molecule has 3 aliphatic rings. The fourth-order valence-electron chi connectivity index (χ4n) is 6.19. The number of carbonyl (C=O) groups excluding carboxylic acids is 1. The van der Waals surface area contributed by atoms with Crippen LogP contribution in [0.1, 0.15) is 42.3 Å². The Morgan fingerprint density at radius 1 is 1.02 bits per heavy atom. The van der Waals surface area contributed by atoms with E-state index in [1.165, 1.54) is 6.07 Å². The highest BCUT2D eigenvalue weighted by Crippen LogP contribution is 2.30. The SMILES string of the molecule is O=C(Nc1ccc2c(c1)nc(CN1CCC(c3cccc(OCc4ccc(Cl)cc4F)n3)CC1)n2C[C@@H]1CCO1)C1COCCO1. The maximum Gasteiger partial charge on any atom is 0.255 e. The lowest BCUT2D eigenvalue weighted by Gasteiger charge is -2.32. The summed E-state index contributed by atoms with van der Waals surface area (Å²) in [5.74, 6) is 1.17. The molecule has 0 spiro atoms. The van der Waals surface area contributed by atoms with Crippen molar-refractivity contribution in [3.63, 3.8) is 0 Å². The summed E-state index contributed by atoms with van der Waals surface area (Å²) in [7, 11) is 0. The highest BCUT2D eigenvalue weighted by atomic mass is 35.5. The number of rotatable bonds is 10. The number of ether oxygens (including phenoxy) is 4. The smallest absolute Gasteiger partial charge is 0.255 e. The van der Waals surface area contributed by atoms with Gasteiger partial charge in [0, 0.05) is 40.6 Å². The summed E-state index contributed by atoms with van der Waals surface area (Å²) in [6, 6.07) is 16.2. The average molecular weight is 650 g/mol. The first-order chi connectivity index (χ1) is 22.5. The molecule has 2 aromatic carbocycles. The standard InChI is InChI=1S/C34H37ClFN5O5/c35-24-5-4-23(27(36)16-24)20-46-33-3-1-2-28(39-33)22-8-11-40(12-9-22)19-32-38-29-17-25(37-34(42)31-21-43-14-15-45-31)6-7-30(29)41(32)18-26-10-13-44-26/h1-7,16-17,22,26,31H,8-15,18-21H2,(H,37,42)/t26-,31?/m0/s1. The number of aromatic nitrogens is 3. The van der Waals surface area contributed by atoms with Crippen molar-refractivity contribution in [2.45, 2.75) is 57.1 Å². The predicted molar refractivity (Wildman–Crippen MR) is 171 cm³/mol. The van der Waals surface area contributed by atoms with Crippen molar-refractivity contribution >= 4 is 34.2 Å². The van der Waals surface area contributed by atoms with Gasteiger partial charge < -0.3 is 28.8 Å². The second-order valence-electron chi connectivity index (χ2n) is 12.0. The van der Waals surface area contributed by atoms with E-state index in [-0.39, 0.29) is 25.2 Å². The van der Waals surface area contributed by atoms with Crippen LogP contribution in [-0.4, -0.2) is 77.1 Å². The Morgan fingerprint density at radius 2 is 1.89 bits per heavy atom. The molecule has 12 heteroatoms. The van der Waals surface area contributed by atoms with Crippen LogP contribution >= 0.6 is 11.6 Å². The molecule has 10 nitrogen and oxygen atoms in total. The number of pyridine rings is 1. The number of anilines is 1. The van der Waals surface area contributed by atoms with Crippen LogP contribution in [0.4, 0.5) is 10.1 Å². The Hall–Kier alpha value is -3.61. The zero-order chi connectivity index (χ0) is 31.5. The molecule has 0 radical (unpaired) electrons. The van der Waals surface area contributed by atoms with Crippen LogP contribution in [0, 0.1) is 5.82 Å². The number of likely N-dealkylation sites (tertiary alicyclic amines) is 1. The van der Waals surface area contributed by atoms with Crippen LogP contribution in [0.15, 0.2) is 54.6 Å². The zero-order valence-electron chi connectivity index (χ0n) is 25.5. The maximum atomic E-state index is 14.2. The largest absolute Gasteiger partial charge is 0.473 e. The first-order valence-electron chi connectivity index (χ1n) is 15.9. The van der Waals surface area contributed by atoms with Crippen LogP contribution in [0.25, 0.3) is 11.0 Å². The van der Waals surface area contributed by atoms with E-state index in [0.29, 0.717) is 47.8 Å². The average Bonchev–Trinajstić information content (AvgIpc) is 3.38. The van der Waals surface area contributed by atoms with Crippen LogP contribution in [-0.2, 0) is 38.7 Å². The van der Waals surface area contributed by atoms with Gasteiger partial charge in [-0.15, -0.1) is 0 Å². The summed E-state index contributed by atoms with van der Waals surface area (Å²) in [6.07, 6.45) is 2.52. The summed E-state index contributed by atoms with van der Waals surface area (Å²) in [4.78, 5) is 24.9. The van der Waals surface area contributed by atoms with Gasteiger partial charge in [0.1, 0.15) is 18.2 Å². The molecule has 2 atom stereocenters. The number of halogens is 2. The first kappa shape index (κ1) is 31.0. The fraction of sp³-hybridized carbons (Fsp3) is 0.441. The van der Waals surface area contributed by atoms with Crippen molar-refractivity contribution in [1.82, 2.24) is 19.4 Å². The van der Waals surface area contributed by atoms with Crippen molar-refractivity contribution in [2.24, 2.45) is 0 Å². The number of hydrogen-bond acceptors (Lipinski definition) is 8. The first-order valence-corrected chi connectivity index (χ1v) is 16.2. The molecule has 0 aliphatic carbocycles. The molecule has 3 saturated heterocycles. The summed E-state index contributed by atoms with van der Waals surface area (Å²) in [6.45, 7) is 5.32. The van der Waals surface area contributed by atoms with E-state index < -0.39 is 11.9 Å². The molecular weight excluding hydrogens is 613 g/mol. The number of piperidine rings is 1. The van der Waals surface area contributed by atoms with Crippen LogP contribution in [0.2, 0.25) is 5.02 Å². The molecule has 1 amide bonds. The van der Waals surface area contributed by atoms with Gasteiger partial charge in [-0.25, -0.2) is 14.4 Å². The summed E-state index contributed by atoms with van der Waals surface area (Å²) < 4.78 is 39.0. The minimum absolute atomic E-state index is 0.0859. The third kappa shape index (κ3) is 7.19. The minimum Gasteiger partial charge on any atom is -0.473 e. The highest BCUT2D eigenvalue weighted by Gasteiger charge is 2.27. The van der Waals surface area contributed by atoms with E-state index in [1.807, 2.05) is 30.3 Å². The topological polar surface area (TPSA) is 100.0 Å². The number of nitrogens with zero attached hydrogens (tertiary/aromatic N) is 4. The van der Waals surface area contributed by atoms with Crippen molar-refractivity contribution < 1.29 is 28.1 Å². The lowest BCUT2D eigenvalue weighted by Crippen LogP contribution is -2.39. The number of carbonyl (C=O) groups is 1. The van der Waals surface area contributed by atoms with Crippen LogP contribution in [0.5, 0.6) is 5.88 Å². The van der Waals surface area contributed by atoms with E-state index in [2.05, 4.69) is 14.8 Å². The van der Waals surface area contributed by atoms with Gasteiger partial charge in [-0.2, -0.15) is 0 Å². The van der Waals surface area contributed by atoms with Crippen LogP contribution in [0.3, 0.4) is 0 Å². The molecule has 0 bridgehead atoms. The molecule has 3 fully saturated rings. The predicted octanol–water partition coefficient (Wildman–Crippen LogP) is 5.33. The lowest BCUT2D eigenvalue weighted by molar-refractivity contribution is -0.142. The summed E-state index contributed by atoms with van der Waals surface area (Å²) >= 11 is 5.87. The van der Waals surface area contributed by atoms with E-state index >= 15 is 0 Å². The Bertz CT molecular complexity index is 1680.